The number of anilines is 2. The number of benzene rings is 2. The second-order valence-corrected chi connectivity index (χ2v) is 11.6. The van der Waals surface area contributed by atoms with Crippen LogP contribution in [0.4, 0.5) is 11.6 Å². The lowest BCUT2D eigenvalue weighted by atomic mass is 9.87. The summed E-state index contributed by atoms with van der Waals surface area (Å²) in [5.74, 6) is 0.780. The molecule has 2 aromatic carbocycles. The van der Waals surface area contributed by atoms with Crippen molar-refractivity contribution in [3.63, 3.8) is 0 Å². The number of halogens is 1. The summed E-state index contributed by atoms with van der Waals surface area (Å²) in [6.07, 6.45) is 7.03. The van der Waals surface area contributed by atoms with Crippen LogP contribution in [0.3, 0.4) is 0 Å². The Morgan fingerprint density at radius 2 is 1.51 bits per heavy atom. The largest absolute Gasteiger partial charge is 0.359 e. The molecule has 4 rings (SSSR count). The van der Waals surface area contributed by atoms with Crippen molar-refractivity contribution in [3.05, 3.63) is 110 Å². The second-order valence-electron chi connectivity index (χ2n) is 11.2. The summed E-state index contributed by atoms with van der Waals surface area (Å²) in [7, 11) is 0. The lowest BCUT2D eigenvalue weighted by Gasteiger charge is -2.33. The number of hydrogen-bond acceptors (Lipinski definition) is 4. The summed E-state index contributed by atoms with van der Waals surface area (Å²) < 4.78 is 0. The summed E-state index contributed by atoms with van der Waals surface area (Å²) in [5.41, 5.74) is 14.8. The van der Waals surface area contributed by atoms with Crippen molar-refractivity contribution in [2.75, 3.05) is 23.3 Å². The van der Waals surface area contributed by atoms with Gasteiger partial charge in [-0.05, 0) is 124 Å². The number of allylic oxidation sites excluding steroid dienone is 3. The molecule has 5 heteroatoms. The maximum atomic E-state index is 6.84. The van der Waals surface area contributed by atoms with Crippen LogP contribution < -0.4 is 10.2 Å². The predicted molar refractivity (Wildman–Crippen MR) is 179 cm³/mol. The van der Waals surface area contributed by atoms with E-state index in [4.69, 9.17) is 11.6 Å². The van der Waals surface area contributed by atoms with Crippen LogP contribution in [0.1, 0.15) is 81.3 Å². The normalized spacial score (nSPS) is 14.3. The van der Waals surface area contributed by atoms with Gasteiger partial charge in [-0.2, -0.15) is 0 Å². The fourth-order valence-electron chi connectivity index (χ4n) is 5.38. The quantitative estimate of drug-likeness (QED) is 0.320. The molecule has 4 nitrogen and oxygen atoms in total. The van der Waals surface area contributed by atoms with Crippen LogP contribution in [0.2, 0.25) is 5.02 Å². The number of aryl methyl sites for hydroxylation is 3. The van der Waals surface area contributed by atoms with E-state index in [1.54, 1.807) is 0 Å². The van der Waals surface area contributed by atoms with Gasteiger partial charge in [0.1, 0.15) is 0 Å². The van der Waals surface area contributed by atoms with E-state index in [1.807, 2.05) is 33.2 Å². The summed E-state index contributed by atoms with van der Waals surface area (Å²) in [6.45, 7) is 24.8. The Morgan fingerprint density at radius 1 is 0.902 bits per heavy atom. The van der Waals surface area contributed by atoms with Crippen LogP contribution in [0.5, 0.6) is 0 Å². The van der Waals surface area contributed by atoms with E-state index in [-0.39, 0.29) is 0 Å². The molecule has 1 N–H and O–H groups in total. The lowest BCUT2D eigenvalue weighted by Crippen LogP contribution is -2.34. The van der Waals surface area contributed by atoms with Crippen molar-refractivity contribution in [3.8, 4) is 0 Å². The molecule has 0 amide bonds. The van der Waals surface area contributed by atoms with E-state index in [1.165, 1.54) is 39.0 Å². The van der Waals surface area contributed by atoms with Gasteiger partial charge in [-0.25, -0.2) is 9.97 Å². The number of nitrogens with one attached hydrogen (secondary N) is 1. The predicted octanol–water partition coefficient (Wildman–Crippen LogP) is 9.83. The van der Waals surface area contributed by atoms with Crippen LogP contribution in [0.25, 0.3) is 5.57 Å². The fraction of sp³-hybridized carbons (Fsp3) is 0.389. The van der Waals surface area contributed by atoms with Gasteiger partial charge in [0.05, 0.1) is 5.02 Å². The number of piperidine rings is 1. The molecule has 3 aromatic rings. The molecule has 1 aromatic heterocycles. The van der Waals surface area contributed by atoms with Crippen molar-refractivity contribution in [2.45, 2.75) is 81.6 Å². The molecule has 2 heterocycles. The zero-order valence-corrected chi connectivity index (χ0v) is 27.3. The molecule has 0 unspecified atom stereocenters. The molecular weight excluding hydrogens is 524 g/mol. The van der Waals surface area contributed by atoms with E-state index in [2.05, 4.69) is 98.6 Å². The van der Waals surface area contributed by atoms with Gasteiger partial charge in [0.15, 0.2) is 0 Å². The average Bonchev–Trinajstić information content (AvgIpc) is 2.95. The van der Waals surface area contributed by atoms with Gasteiger partial charge < -0.3 is 10.2 Å². The Morgan fingerprint density at radius 3 is 2.05 bits per heavy atom. The highest BCUT2D eigenvalue weighted by Gasteiger charge is 2.24. The minimum absolute atomic E-state index is 0.774. The van der Waals surface area contributed by atoms with E-state index in [0.29, 0.717) is 0 Å². The molecule has 1 fully saturated rings. The minimum atomic E-state index is 0.774. The first-order chi connectivity index (χ1) is 19.5. The number of aromatic nitrogens is 2. The standard InChI is InChI=1S/C25H31ClN4.C11H16/c1-15(2)20-10-11-30(25-27-12-17(5)13-28-25)14-22(20)18(6)21-8-9-23(29-16(3)4)19(7)24(21)26;1-4-10-7-6-8-11(5-2)9(10)3/h8-9,12-13,29H,3,10-11,14H2,1-2,4-7H3;6-8H,4-5H2,1-3H3/b22-18+;. The Labute approximate surface area is 253 Å². The molecule has 0 bridgehead atoms. The first-order valence-electron chi connectivity index (χ1n) is 14.7. The lowest BCUT2D eigenvalue weighted by molar-refractivity contribution is 0.735. The maximum Gasteiger partial charge on any atom is 0.225 e. The van der Waals surface area contributed by atoms with Gasteiger partial charge in [0.25, 0.3) is 0 Å². The molecule has 0 atom stereocenters. The third kappa shape index (κ3) is 7.89. The summed E-state index contributed by atoms with van der Waals surface area (Å²) >= 11 is 6.84. The maximum absolute atomic E-state index is 6.84. The van der Waals surface area contributed by atoms with Gasteiger partial charge >= 0.3 is 0 Å². The summed E-state index contributed by atoms with van der Waals surface area (Å²) in [4.78, 5) is 11.3. The van der Waals surface area contributed by atoms with E-state index < -0.39 is 0 Å². The second kappa shape index (κ2) is 14.5. The Kier molecular flexibility index (Phi) is 11.4. The Bertz CT molecular complexity index is 1420. The number of hydrogen-bond donors (Lipinski definition) is 1. The molecule has 1 aliphatic heterocycles. The molecule has 1 saturated heterocycles. The van der Waals surface area contributed by atoms with E-state index in [0.717, 1.165) is 71.4 Å². The van der Waals surface area contributed by atoms with Gasteiger partial charge in [0, 0.05) is 36.9 Å². The molecule has 0 spiro atoms. The van der Waals surface area contributed by atoms with Gasteiger partial charge in [-0.1, -0.05) is 61.9 Å². The highest BCUT2D eigenvalue weighted by atomic mass is 35.5. The van der Waals surface area contributed by atoms with Crippen LogP contribution in [0.15, 0.2) is 71.7 Å². The van der Waals surface area contributed by atoms with Crippen molar-refractivity contribution in [1.29, 1.82) is 0 Å². The van der Waals surface area contributed by atoms with Gasteiger partial charge in [-0.15, -0.1) is 0 Å². The monoisotopic (exact) mass is 570 g/mol. The van der Waals surface area contributed by atoms with Crippen LogP contribution in [0, 0.1) is 20.8 Å². The molecule has 0 radical (unpaired) electrons. The zero-order valence-electron chi connectivity index (χ0n) is 26.5. The highest BCUT2D eigenvalue weighted by molar-refractivity contribution is 6.33. The van der Waals surface area contributed by atoms with Crippen LogP contribution >= 0.6 is 11.6 Å². The fourth-order valence-corrected chi connectivity index (χ4v) is 5.69. The zero-order chi connectivity index (χ0) is 30.3. The molecule has 41 heavy (non-hydrogen) atoms. The average molecular weight is 571 g/mol. The molecule has 0 saturated carbocycles. The molecule has 0 aliphatic carbocycles. The number of nitrogens with zero attached hydrogens (tertiary/aromatic N) is 3. The minimum Gasteiger partial charge on any atom is -0.359 e. The first-order valence-corrected chi connectivity index (χ1v) is 15.1. The summed E-state index contributed by atoms with van der Waals surface area (Å²) in [6, 6.07) is 10.8. The third-order valence-electron chi connectivity index (χ3n) is 7.91. The molecular formula is C36H47ClN4. The number of rotatable bonds is 6. The third-order valence-corrected chi connectivity index (χ3v) is 8.40. The van der Waals surface area contributed by atoms with Crippen molar-refractivity contribution in [2.24, 2.45) is 0 Å². The van der Waals surface area contributed by atoms with Crippen LogP contribution in [-0.2, 0) is 12.8 Å². The van der Waals surface area contributed by atoms with E-state index in [9.17, 15) is 0 Å². The van der Waals surface area contributed by atoms with E-state index >= 15 is 0 Å². The molecule has 218 valence electrons. The van der Waals surface area contributed by atoms with Gasteiger partial charge in [-0.3, -0.25) is 0 Å². The SMILES string of the molecule is C=C(C)Nc1ccc(/C(C)=C2\CN(c3ncc(C)cn3)CCC2=C(C)C)c(Cl)c1C.CCc1cccc(CC)c1C. The van der Waals surface area contributed by atoms with Gasteiger partial charge in [0.2, 0.25) is 5.95 Å². The highest BCUT2D eigenvalue weighted by Crippen LogP contribution is 2.38. The summed E-state index contributed by atoms with van der Waals surface area (Å²) in [5, 5.41) is 4.07. The molecule has 1 aliphatic rings. The Hall–Kier alpha value is -3.37. The topological polar surface area (TPSA) is 41.0 Å². The first kappa shape index (κ1) is 32.1. The van der Waals surface area contributed by atoms with Crippen LogP contribution in [-0.4, -0.2) is 23.1 Å². The Balaban J connectivity index is 0.000000352. The van der Waals surface area contributed by atoms with Crippen molar-refractivity contribution < 1.29 is 0 Å². The smallest absolute Gasteiger partial charge is 0.225 e. The van der Waals surface area contributed by atoms with Crippen molar-refractivity contribution in [1.82, 2.24) is 9.97 Å². The van der Waals surface area contributed by atoms with Crippen molar-refractivity contribution >= 4 is 28.8 Å².